The van der Waals surface area contributed by atoms with Gasteiger partial charge < -0.3 is 20.9 Å². The van der Waals surface area contributed by atoms with Gasteiger partial charge in [0.2, 0.25) is 0 Å². The Bertz CT molecular complexity index is 1110. The molecule has 2 amide bonds. The molecule has 0 aliphatic heterocycles. The Morgan fingerprint density at radius 1 is 1.08 bits per heavy atom. The van der Waals surface area contributed by atoms with Crippen molar-refractivity contribution in [1.29, 1.82) is 0 Å². The number of hydrogen-bond donors (Lipinski definition) is 2. The molecule has 4 N–H and O–H groups in total. The highest BCUT2D eigenvalue weighted by atomic mass is 32.1. The maximum absolute atomic E-state index is 13.4. The second-order valence-electron chi connectivity index (χ2n) is 11.4. The van der Waals surface area contributed by atoms with Crippen molar-refractivity contribution < 1.29 is 23.9 Å². The highest BCUT2D eigenvalue weighted by Gasteiger charge is 2.36. The molecule has 1 aromatic carbocycles. The summed E-state index contributed by atoms with van der Waals surface area (Å²) in [6.45, 7) is 9.70. The Hall–Kier alpha value is -3.07. The molecule has 0 bridgehead atoms. The van der Waals surface area contributed by atoms with Crippen molar-refractivity contribution in [1.82, 2.24) is 4.90 Å². The Labute approximate surface area is 229 Å². The van der Waals surface area contributed by atoms with Crippen LogP contribution in [0.15, 0.2) is 30.3 Å². The molecule has 2 aromatic rings. The van der Waals surface area contributed by atoms with Crippen molar-refractivity contribution in [3.8, 4) is 0 Å². The molecule has 1 aromatic heterocycles. The summed E-state index contributed by atoms with van der Waals surface area (Å²) in [5, 5.41) is 0.415. The number of carbonyl (C=O) groups is 3. The number of nitrogen functional groups attached to an aromatic ring is 1. The quantitative estimate of drug-likeness (QED) is 0.373. The average molecular weight is 544 g/mol. The Morgan fingerprint density at radius 3 is 2.21 bits per heavy atom. The normalized spacial score (nSPS) is 14.9. The SMILES string of the molecule is CC(C)C[C@H](C(=O)OC1CCCC1)N(Cc1ccc(Cc2cc(C(N)=O)c(N)s2)cc1)C(=O)OC(C)(C)C. The average Bonchev–Trinajstić information content (AvgIpc) is 3.45. The number of primary amides is 1. The van der Waals surface area contributed by atoms with Gasteiger partial charge in [-0.1, -0.05) is 38.1 Å². The van der Waals surface area contributed by atoms with E-state index in [1.165, 1.54) is 16.2 Å². The minimum absolute atomic E-state index is 0.0849. The predicted octanol–water partition coefficient (Wildman–Crippen LogP) is 5.66. The molecule has 1 aliphatic rings. The van der Waals surface area contributed by atoms with Crippen LogP contribution in [0.25, 0.3) is 0 Å². The molecule has 8 nitrogen and oxygen atoms in total. The highest BCUT2D eigenvalue weighted by molar-refractivity contribution is 7.16. The van der Waals surface area contributed by atoms with Gasteiger partial charge in [0.05, 0.1) is 10.6 Å². The van der Waals surface area contributed by atoms with Crippen LogP contribution in [-0.4, -0.2) is 40.6 Å². The molecule has 208 valence electrons. The molecular formula is C29H41N3O5S. The third-order valence-electron chi connectivity index (χ3n) is 6.39. The molecule has 9 heteroatoms. The summed E-state index contributed by atoms with van der Waals surface area (Å²) >= 11 is 1.34. The number of esters is 1. The molecule has 1 fully saturated rings. The van der Waals surface area contributed by atoms with Crippen LogP contribution < -0.4 is 11.5 Å². The van der Waals surface area contributed by atoms with Crippen molar-refractivity contribution in [2.45, 2.75) is 97.4 Å². The molecule has 1 aliphatic carbocycles. The second kappa shape index (κ2) is 12.7. The first-order chi connectivity index (χ1) is 17.8. The summed E-state index contributed by atoms with van der Waals surface area (Å²) in [7, 11) is 0. The van der Waals surface area contributed by atoms with Crippen LogP contribution in [-0.2, 0) is 27.2 Å². The lowest BCUT2D eigenvalue weighted by atomic mass is 10.0. The van der Waals surface area contributed by atoms with Gasteiger partial charge in [-0.25, -0.2) is 9.59 Å². The van der Waals surface area contributed by atoms with Crippen molar-refractivity contribution in [2.75, 3.05) is 5.73 Å². The van der Waals surface area contributed by atoms with Crippen molar-refractivity contribution in [3.63, 3.8) is 0 Å². The van der Waals surface area contributed by atoms with E-state index in [2.05, 4.69) is 0 Å². The van der Waals surface area contributed by atoms with Gasteiger partial charge in [0.25, 0.3) is 5.91 Å². The van der Waals surface area contributed by atoms with Crippen LogP contribution in [0.1, 0.15) is 93.1 Å². The molecule has 3 rings (SSSR count). The number of amides is 2. The van der Waals surface area contributed by atoms with E-state index < -0.39 is 23.6 Å². The smallest absolute Gasteiger partial charge is 0.411 e. The number of hydrogen-bond acceptors (Lipinski definition) is 7. The van der Waals surface area contributed by atoms with Crippen LogP contribution in [0.4, 0.5) is 9.80 Å². The molecular weight excluding hydrogens is 502 g/mol. The first-order valence-electron chi connectivity index (χ1n) is 13.3. The van der Waals surface area contributed by atoms with E-state index in [0.717, 1.165) is 41.7 Å². The Balaban J connectivity index is 1.81. The van der Waals surface area contributed by atoms with Gasteiger partial charge in [0.15, 0.2) is 0 Å². The first-order valence-corrected chi connectivity index (χ1v) is 14.1. The number of thiophene rings is 1. The van der Waals surface area contributed by atoms with Crippen molar-refractivity contribution in [2.24, 2.45) is 11.7 Å². The lowest BCUT2D eigenvalue weighted by Crippen LogP contribution is -2.48. The number of ether oxygens (including phenoxy) is 2. The summed E-state index contributed by atoms with van der Waals surface area (Å²) in [6.07, 6.45) is 4.29. The van der Waals surface area contributed by atoms with Crippen LogP contribution >= 0.6 is 11.3 Å². The van der Waals surface area contributed by atoms with E-state index in [4.69, 9.17) is 20.9 Å². The minimum Gasteiger partial charge on any atom is -0.461 e. The van der Waals surface area contributed by atoms with E-state index >= 15 is 0 Å². The van der Waals surface area contributed by atoms with E-state index in [-0.39, 0.29) is 24.5 Å². The molecule has 0 radical (unpaired) electrons. The van der Waals surface area contributed by atoms with E-state index in [0.29, 0.717) is 23.4 Å². The molecule has 1 saturated carbocycles. The maximum Gasteiger partial charge on any atom is 0.411 e. The third kappa shape index (κ3) is 8.48. The molecule has 0 unspecified atom stereocenters. The zero-order chi connectivity index (χ0) is 28.0. The second-order valence-corrected chi connectivity index (χ2v) is 12.6. The first kappa shape index (κ1) is 29.5. The molecule has 1 heterocycles. The van der Waals surface area contributed by atoms with E-state index in [1.807, 2.05) is 58.9 Å². The van der Waals surface area contributed by atoms with Gasteiger partial charge >= 0.3 is 12.1 Å². The lowest BCUT2D eigenvalue weighted by Gasteiger charge is -2.34. The summed E-state index contributed by atoms with van der Waals surface area (Å²) in [5.41, 5.74) is 12.8. The van der Waals surface area contributed by atoms with Crippen LogP contribution in [0, 0.1) is 5.92 Å². The third-order valence-corrected chi connectivity index (χ3v) is 7.35. The number of nitrogens with zero attached hydrogens (tertiary/aromatic N) is 1. The standard InChI is InChI=1S/C29H41N3O5S/c1-18(2)14-24(27(34)36-21-8-6-7-9-21)32(28(35)37-29(3,4)5)17-20-12-10-19(11-13-20)15-22-16-23(25(30)33)26(31)38-22/h10-13,16,18,21,24H,6-9,14-15,17,31H2,1-5H3,(H2,30,33)/t24-/m1/s1. The number of benzene rings is 1. The van der Waals surface area contributed by atoms with Crippen LogP contribution in [0.3, 0.4) is 0 Å². The van der Waals surface area contributed by atoms with Gasteiger partial charge in [-0.15, -0.1) is 11.3 Å². The summed E-state index contributed by atoms with van der Waals surface area (Å²) < 4.78 is 11.6. The van der Waals surface area contributed by atoms with Gasteiger partial charge in [-0.3, -0.25) is 9.69 Å². The van der Waals surface area contributed by atoms with Gasteiger partial charge in [0, 0.05) is 17.8 Å². The Morgan fingerprint density at radius 2 is 1.68 bits per heavy atom. The summed E-state index contributed by atoms with van der Waals surface area (Å²) in [5.74, 6) is -0.731. The fourth-order valence-electron chi connectivity index (χ4n) is 4.57. The number of nitrogens with two attached hydrogens (primary N) is 2. The molecule has 0 saturated heterocycles. The van der Waals surface area contributed by atoms with Crippen LogP contribution in [0.5, 0.6) is 0 Å². The minimum atomic E-state index is -0.744. The topological polar surface area (TPSA) is 125 Å². The van der Waals surface area contributed by atoms with E-state index in [1.54, 1.807) is 6.07 Å². The molecule has 38 heavy (non-hydrogen) atoms. The summed E-state index contributed by atoms with van der Waals surface area (Å²) in [4.78, 5) is 40.7. The zero-order valence-electron chi connectivity index (χ0n) is 23.1. The zero-order valence-corrected chi connectivity index (χ0v) is 23.9. The lowest BCUT2D eigenvalue weighted by molar-refractivity contribution is -0.156. The van der Waals surface area contributed by atoms with Gasteiger partial charge in [-0.2, -0.15) is 0 Å². The Kier molecular flexibility index (Phi) is 9.82. The number of rotatable bonds is 10. The predicted molar refractivity (Wildman–Crippen MR) is 150 cm³/mol. The number of anilines is 1. The van der Waals surface area contributed by atoms with Gasteiger partial charge in [0.1, 0.15) is 17.7 Å². The van der Waals surface area contributed by atoms with Gasteiger partial charge in [-0.05, 0) is 76.0 Å². The fraction of sp³-hybridized carbons (Fsp3) is 0.552. The maximum atomic E-state index is 13.4. The monoisotopic (exact) mass is 543 g/mol. The van der Waals surface area contributed by atoms with E-state index in [9.17, 15) is 14.4 Å². The highest BCUT2D eigenvalue weighted by Crippen LogP contribution is 2.28. The van der Waals surface area contributed by atoms with Crippen molar-refractivity contribution in [3.05, 3.63) is 51.9 Å². The molecule has 1 atom stereocenters. The van der Waals surface area contributed by atoms with Crippen LogP contribution in [0.2, 0.25) is 0 Å². The fourth-order valence-corrected chi connectivity index (χ4v) is 5.53. The van der Waals surface area contributed by atoms with Crippen molar-refractivity contribution >= 4 is 34.3 Å². The molecule has 0 spiro atoms. The summed E-state index contributed by atoms with van der Waals surface area (Å²) in [6, 6.07) is 8.80. The number of carbonyl (C=O) groups excluding carboxylic acids is 3. The largest absolute Gasteiger partial charge is 0.461 e.